The molecule has 0 bridgehead atoms. The lowest BCUT2D eigenvalue weighted by atomic mass is 9.96. The summed E-state index contributed by atoms with van der Waals surface area (Å²) in [6, 6.07) is 0. The van der Waals surface area contributed by atoms with Crippen LogP contribution in [0, 0.1) is 18.3 Å². The van der Waals surface area contributed by atoms with Crippen molar-refractivity contribution >= 4 is 14.3 Å². The van der Waals surface area contributed by atoms with Gasteiger partial charge in [-0.2, -0.15) is 0 Å². The zero-order valence-electron chi connectivity index (χ0n) is 17.8. The number of ether oxygens (including phenoxy) is 2. The van der Waals surface area contributed by atoms with Gasteiger partial charge in [-0.25, -0.2) is 0 Å². The molecule has 26 heavy (non-hydrogen) atoms. The molecule has 1 unspecified atom stereocenters. The average molecular weight is 383 g/mol. The van der Waals surface area contributed by atoms with Gasteiger partial charge in [-0.05, 0) is 30.5 Å². The summed E-state index contributed by atoms with van der Waals surface area (Å²) in [7, 11) is -1.99. The first-order valence-electron chi connectivity index (χ1n) is 9.51. The molecule has 150 valence electrons. The van der Waals surface area contributed by atoms with E-state index in [4.69, 9.17) is 20.3 Å². The maximum atomic E-state index is 11.7. The van der Waals surface area contributed by atoms with E-state index in [0.29, 0.717) is 13.0 Å². The quantitative estimate of drug-likeness (QED) is 0.207. The normalized spacial score (nSPS) is 15.6. The molecule has 0 saturated carbocycles. The summed E-state index contributed by atoms with van der Waals surface area (Å²) in [4.78, 5) is 11.7. The molecule has 0 aliphatic heterocycles. The van der Waals surface area contributed by atoms with Crippen LogP contribution in [-0.4, -0.2) is 39.7 Å². The molecule has 0 aromatic carbocycles. The number of terminal acetylenes is 1. The maximum Gasteiger partial charge on any atom is 0.308 e. The number of hydrogen-bond donors (Lipinski definition) is 0. The van der Waals surface area contributed by atoms with Crippen LogP contribution < -0.4 is 0 Å². The molecule has 0 aromatic heterocycles. The second kappa shape index (κ2) is 11.6. The first-order chi connectivity index (χ1) is 12.0. The van der Waals surface area contributed by atoms with Crippen molar-refractivity contribution in [1.29, 1.82) is 0 Å². The minimum atomic E-state index is -1.99. The Kier molecular flexibility index (Phi) is 11.1. The van der Waals surface area contributed by atoms with Gasteiger partial charge < -0.3 is 13.9 Å². The fourth-order valence-electron chi connectivity index (χ4n) is 2.22. The molecule has 0 saturated heterocycles. The SMILES string of the molecule is C#CC[C@@H](C)[C@H](OCCC(=O)OCCC)C(C=C)O[Si](C)(C)C(C)(C)C. The van der Waals surface area contributed by atoms with Crippen molar-refractivity contribution in [2.45, 2.75) is 84.2 Å². The molecule has 0 heterocycles. The summed E-state index contributed by atoms with van der Waals surface area (Å²) in [5.74, 6) is 2.55. The largest absolute Gasteiger partial charge is 0.466 e. The summed E-state index contributed by atoms with van der Waals surface area (Å²) in [5, 5.41) is 0.0815. The van der Waals surface area contributed by atoms with E-state index in [1.807, 2.05) is 13.8 Å². The topological polar surface area (TPSA) is 44.8 Å². The van der Waals surface area contributed by atoms with Gasteiger partial charge in [0.25, 0.3) is 0 Å². The molecule has 0 aromatic rings. The van der Waals surface area contributed by atoms with Gasteiger partial charge in [-0.1, -0.05) is 40.7 Å². The monoisotopic (exact) mass is 382 g/mol. The van der Waals surface area contributed by atoms with Crippen molar-refractivity contribution in [3.05, 3.63) is 12.7 Å². The molecule has 0 N–H and O–H groups in total. The van der Waals surface area contributed by atoms with E-state index >= 15 is 0 Å². The van der Waals surface area contributed by atoms with E-state index in [1.165, 1.54) is 0 Å². The Bertz CT molecular complexity index is 473. The van der Waals surface area contributed by atoms with Crippen molar-refractivity contribution in [3.8, 4) is 12.3 Å². The fraction of sp³-hybridized carbons (Fsp3) is 0.762. The highest BCUT2D eigenvalue weighted by Gasteiger charge is 2.41. The lowest BCUT2D eigenvalue weighted by Gasteiger charge is -2.41. The number of rotatable bonds is 12. The van der Waals surface area contributed by atoms with E-state index in [9.17, 15) is 4.79 Å². The number of carbonyl (C=O) groups is 1. The maximum absolute atomic E-state index is 11.7. The highest BCUT2D eigenvalue weighted by Crippen LogP contribution is 2.38. The summed E-state index contributed by atoms with van der Waals surface area (Å²) in [6.45, 7) is 19.7. The zero-order valence-corrected chi connectivity index (χ0v) is 18.8. The standard InChI is InChI=1S/C21H38O4Si/c1-10-13-17(4)20(24-16-14-19(22)23-15-11-2)18(12-3)25-26(8,9)21(5,6)7/h1,12,17-18,20H,3,11,13-16H2,2,4-9H3/t17-,18?,20+/m1/s1. The lowest BCUT2D eigenvalue weighted by molar-refractivity contribution is -0.146. The van der Waals surface area contributed by atoms with Gasteiger partial charge in [0.1, 0.15) is 0 Å². The Morgan fingerprint density at radius 1 is 1.31 bits per heavy atom. The molecule has 3 atom stereocenters. The van der Waals surface area contributed by atoms with Crippen LogP contribution in [0.2, 0.25) is 18.1 Å². The minimum absolute atomic E-state index is 0.0815. The molecule has 0 rings (SSSR count). The third kappa shape index (κ3) is 8.53. The predicted octanol–water partition coefficient (Wildman–Crippen LogP) is 4.95. The van der Waals surface area contributed by atoms with Crippen LogP contribution in [0.3, 0.4) is 0 Å². The Morgan fingerprint density at radius 2 is 1.92 bits per heavy atom. The van der Waals surface area contributed by atoms with Crippen LogP contribution in [-0.2, 0) is 18.7 Å². The predicted molar refractivity (Wildman–Crippen MR) is 110 cm³/mol. The Balaban J connectivity index is 5.06. The summed E-state index contributed by atoms with van der Waals surface area (Å²) >= 11 is 0. The number of carbonyl (C=O) groups excluding carboxylic acids is 1. The molecule has 0 aliphatic rings. The Labute approximate surface area is 161 Å². The molecule has 0 amide bonds. The van der Waals surface area contributed by atoms with Crippen LogP contribution in [0.1, 0.15) is 53.9 Å². The van der Waals surface area contributed by atoms with Gasteiger partial charge in [0, 0.05) is 6.42 Å². The zero-order chi connectivity index (χ0) is 20.4. The second-order valence-electron chi connectivity index (χ2n) is 8.27. The van der Waals surface area contributed by atoms with Crippen LogP contribution in [0.25, 0.3) is 0 Å². The molecule has 0 radical (unpaired) electrons. The van der Waals surface area contributed by atoms with E-state index in [0.717, 1.165) is 6.42 Å². The molecule has 0 aliphatic carbocycles. The Morgan fingerprint density at radius 3 is 2.38 bits per heavy atom. The molecular formula is C21H38O4Si. The van der Waals surface area contributed by atoms with Gasteiger partial charge in [0.15, 0.2) is 8.32 Å². The molecule has 0 fully saturated rings. The van der Waals surface area contributed by atoms with E-state index in [2.05, 4.69) is 46.4 Å². The molecule has 4 nitrogen and oxygen atoms in total. The van der Waals surface area contributed by atoms with E-state index in [1.54, 1.807) is 6.08 Å². The summed E-state index contributed by atoms with van der Waals surface area (Å²) in [6.07, 6.45) is 8.42. The highest BCUT2D eigenvalue weighted by atomic mass is 28.4. The van der Waals surface area contributed by atoms with Gasteiger partial charge in [0.2, 0.25) is 0 Å². The second-order valence-corrected chi connectivity index (χ2v) is 13.0. The van der Waals surface area contributed by atoms with Crippen molar-refractivity contribution in [1.82, 2.24) is 0 Å². The summed E-state index contributed by atoms with van der Waals surface area (Å²) in [5.41, 5.74) is 0. The number of esters is 1. The lowest BCUT2D eigenvalue weighted by Crippen LogP contribution is -2.48. The smallest absolute Gasteiger partial charge is 0.308 e. The van der Waals surface area contributed by atoms with Crippen LogP contribution >= 0.6 is 0 Å². The highest BCUT2D eigenvalue weighted by molar-refractivity contribution is 6.74. The van der Waals surface area contributed by atoms with Crippen molar-refractivity contribution in [3.63, 3.8) is 0 Å². The van der Waals surface area contributed by atoms with E-state index in [-0.39, 0.29) is 42.2 Å². The fourth-order valence-corrected chi connectivity index (χ4v) is 3.48. The Hall–Kier alpha value is -1.09. The molecular weight excluding hydrogens is 344 g/mol. The molecule has 5 heteroatoms. The molecule has 0 spiro atoms. The van der Waals surface area contributed by atoms with E-state index < -0.39 is 8.32 Å². The van der Waals surface area contributed by atoms with Crippen molar-refractivity contribution < 1.29 is 18.7 Å². The third-order valence-corrected chi connectivity index (χ3v) is 9.35. The van der Waals surface area contributed by atoms with Crippen molar-refractivity contribution in [2.75, 3.05) is 13.2 Å². The number of hydrogen-bond acceptors (Lipinski definition) is 4. The first kappa shape index (κ1) is 24.9. The first-order valence-corrected chi connectivity index (χ1v) is 12.4. The van der Waals surface area contributed by atoms with Crippen LogP contribution in [0.5, 0.6) is 0 Å². The summed E-state index contributed by atoms with van der Waals surface area (Å²) < 4.78 is 17.7. The van der Waals surface area contributed by atoms with Gasteiger partial charge in [-0.15, -0.1) is 18.9 Å². The van der Waals surface area contributed by atoms with Gasteiger partial charge in [0.05, 0.1) is 31.8 Å². The van der Waals surface area contributed by atoms with Gasteiger partial charge in [-0.3, -0.25) is 4.79 Å². The average Bonchev–Trinajstić information content (AvgIpc) is 2.54. The van der Waals surface area contributed by atoms with Crippen LogP contribution in [0.4, 0.5) is 0 Å². The minimum Gasteiger partial charge on any atom is -0.466 e. The van der Waals surface area contributed by atoms with Crippen molar-refractivity contribution in [2.24, 2.45) is 5.92 Å². The van der Waals surface area contributed by atoms with Crippen LogP contribution in [0.15, 0.2) is 12.7 Å². The third-order valence-electron chi connectivity index (χ3n) is 4.88. The van der Waals surface area contributed by atoms with Gasteiger partial charge >= 0.3 is 5.97 Å².